The van der Waals surface area contributed by atoms with E-state index in [1.54, 1.807) is 11.1 Å². The largest absolute Gasteiger partial charge is 0.476 e. The summed E-state index contributed by atoms with van der Waals surface area (Å²) >= 11 is 0. The van der Waals surface area contributed by atoms with E-state index in [1.807, 2.05) is 38.1 Å². The molecule has 2 atom stereocenters. The van der Waals surface area contributed by atoms with Crippen LogP contribution in [-0.2, 0) is 6.42 Å². The van der Waals surface area contributed by atoms with E-state index in [4.69, 9.17) is 4.74 Å². The molecular formula is C26H33F3N4O2. The van der Waals surface area contributed by atoms with Gasteiger partial charge in [-0.25, -0.2) is 13.8 Å². The first-order chi connectivity index (χ1) is 16.9. The van der Waals surface area contributed by atoms with Crippen LogP contribution in [0.5, 0.6) is 5.88 Å². The number of benzene rings is 1. The van der Waals surface area contributed by atoms with Crippen molar-refractivity contribution in [1.29, 1.82) is 0 Å². The molecule has 0 saturated carbocycles. The number of rotatable bonds is 11. The fraction of sp³-hybridized carbons (Fsp3) is 0.500. The van der Waals surface area contributed by atoms with E-state index in [0.717, 1.165) is 33.3 Å². The van der Waals surface area contributed by atoms with E-state index in [9.17, 15) is 18.3 Å². The number of nitrogens with one attached hydrogen (secondary N) is 2. The fourth-order valence-corrected chi connectivity index (χ4v) is 4.91. The number of ether oxygens (including phenoxy) is 1. The second kappa shape index (κ2) is 11.0. The summed E-state index contributed by atoms with van der Waals surface area (Å²) < 4.78 is 47.1. The van der Waals surface area contributed by atoms with Gasteiger partial charge in [0, 0.05) is 40.9 Å². The van der Waals surface area contributed by atoms with Crippen molar-refractivity contribution in [3.63, 3.8) is 0 Å². The highest BCUT2D eigenvalue weighted by Crippen LogP contribution is 2.43. The molecule has 2 aromatic heterocycles. The van der Waals surface area contributed by atoms with Gasteiger partial charge in [0.25, 0.3) is 5.92 Å². The molecule has 1 aromatic carbocycles. The van der Waals surface area contributed by atoms with Gasteiger partial charge < -0.3 is 20.1 Å². The fourth-order valence-electron chi connectivity index (χ4n) is 4.91. The minimum absolute atomic E-state index is 0.180. The van der Waals surface area contributed by atoms with Gasteiger partial charge in [-0.3, -0.25) is 9.29 Å². The van der Waals surface area contributed by atoms with Gasteiger partial charge in [0.2, 0.25) is 5.88 Å². The van der Waals surface area contributed by atoms with E-state index in [-0.39, 0.29) is 12.7 Å². The molecule has 0 fully saturated rings. The summed E-state index contributed by atoms with van der Waals surface area (Å²) in [6.07, 6.45) is 2.71. The number of nitrogens with zero attached hydrogens (tertiary/aromatic N) is 2. The van der Waals surface area contributed by atoms with Crippen molar-refractivity contribution < 1.29 is 23.0 Å². The summed E-state index contributed by atoms with van der Waals surface area (Å²) in [6.45, 7) is 3.17. The number of para-hydroxylation sites is 1. The van der Waals surface area contributed by atoms with Crippen LogP contribution in [0.1, 0.15) is 41.8 Å². The lowest BCUT2D eigenvalue weighted by atomic mass is 9.87. The van der Waals surface area contributed by atoms with Crippen LogP contribution in [0.4, 0.5) is 13.2 Å². The summed E-state index contributed by atoms with van der Waals surface area (Å²) in [4.78, 5) is 9.62. The molecule has 3 heterocycles. The molecule has 190 valence electrons. The van der Waals surface area contributed by atoms with E-state index in [1.165, 1.54) is 0 Å². The minimum atomic E-state index is -3.23. The first-order valence-corrected chi connectivity index (χ1v) is 12.0. The number of aromatic nitrogens is 2. The van der Waals surface area contributed by atoms with Crippen LogP contribution in [0.3, 0.4) is 0 Å². The Balaban J connectivity index is 1.70. The Bertz CT molecular complexity index is 1140. The van der Waals surface area contributed by atoms with Crippen molar-refractivity contribution in [3.05, 3.63) is 58.9 Å². The lowest BCUT2D eigenvalue weighted by Gasteiger charge is -2.42. The van der Waals surface area contributed by atoms with E-state index in [2.05, 4.69) is 21.4 Å². The summed E-state index contributed by atoms with van der Waals surface area (Å²) in [5.74, 6) is -2.79. The van der Waals surface area contributed by atoms with Crippen LogP contribution in [0.15, 0.2) is 36.5 Å². The van der Waals surface area contributed by atoms with Gasteiger partial charge in [-0.05, 0) is 56.5 Å². The maximum absolute atomic E-state index is 14.5. The minimum Gasteiger partial charge on any atom is -0.476 e. The predicted octanol–water partition coefficient (Wildman–Crippen LogP) is 4.16. The van der Waals surface area contributed by atoms with E-state index < -0.39 is 25.1 Å². The number of aliphatic hydroxyl groups excluding tert-OH is 1. The van der Waals surface area contributed by atoms with Gasteiger partial charge in [0.05, 0.1) is 19.3 Å². The summed E-state index contributed by atoms with van der Waals surface area (Å²) in [6, 6.07) is 9.16. The molecule has 0 radical (unpaired) electrons. The number of aromatic amines is 1. The Hall–Kier alpha value is -2.62. The molecule has 4 rings (SSSR count). The van der Waals surface area contributed by atoms with Crippen LogP contribution in [-0.4, -0.2) is 71.5 Å². The van der Waals surface area contributed by atoms with Crippen LogP contribution < -0.4 is 10.1 Å². The third-order valence-corrected chi connectivity index (χ3v) is 6.66. The average molecular weight is 491 g/mol. The topological polar surface area (TPSA) is 73.4 Å². The quantitative estimate of drug-likeness (QED) is 0.352. The zero-order valence-corrected chi connectivity index (χ0v) is 20.2. The number of halogens is 3. The molecule has 3 aromatic rings. The van der Waals surface area contributed by atoms with Gasteiger partial charge in [-0.2, -0.15) is 0 Å². The summed E-state index contributed by atoms with van der Waals surface area (Å²) in [7, 11) is 0. The van der Waals surface area contributed by atoms with E-state index in [0.29, 0.717) is 38.4 Å². The monoisotopic (exact) mass is 490 g/mol. The van der Waals surface area contributed by atoms with Gasteiger partial charge in [0.15, 0.2) is 0 Å². The normalized spacial score (nSPS) is 18.7. The van der Waals surface area contributed by atoms with Crippen molar-refractivity contribution >= 4 is 10.9 Å². The highest BCUT2D eigenvalue weighted by molar-refractivity contribution is 5.85. The number of pyridine rings is 1. The van der Waals surface area contributed by atoms with Crippen molar-refractivity contribution in [1.82, 2.24) is 20.2 Å². The molecule has 35 heavy (non-hydrogen) atoms. The standard InChI is InChI=1S/C26H33F3N4O2/c1-17-14-21-20-6-3-4-7-22(20)32-23(21)24(33(17)15-26(28,29)16-34)19-8-11-31-25(18(19)2)35-13-12-30-10-5-9-27/h3-4,6-8,11,17,24,30,32,34H,5,9-10,12-16H2,1-2H3/t17-,24?/m1/s1. The SMILES string of the molecule is Cc1c(C2c3[nH]c4ccccc4c3C[C@@H](C)N2CC(F)(F)CO)ccnc1OCCNCCCF. The zero-order chi connectivity index (χ0) is 25.0. The molecule has 0 spiro atoms. The lowest BCUT2D eigenvalue weighted by Crippen LogP contribution is -2.49. The number of fused-ring (bicyclic) bond motifs is 3. The third kappa shape index (κ3) is 5.47. The Labute approximate surface area is 203 Å². The Morgan fingerprint density at radius 1 is 1.26 bits per heavy atom. The molecule has 3 N–H and O–H groups in total. The van der Waals surface area contributed by atoms with Crippen molar-refractivity contribution in [2.75, 3.05) is 39.5 Å². The number of aliphatic hydroxyl groups is 1. The van der Waals surface area contributed by atoms with Gasteiger partial charge in [-0.1, -0.05) is 18.2 Å². The van der Waals surface area contributed by atoms with Crippen LogP contribution in [0.25, 0.3) is 10.9 Å². The van der Waals surface area contributed by atoms with Crippen LogP contribution >= 0.6 is 0 Å². The van der Waals surface area contributed by atoms with Crippen molar-refractivity contribution in [3.8, 4) is 5.88 Å². The summed E-state index contributed by atoms with van der Waals surface area (Å²) in [5.41, 5.74) is 4.57. The molecule has 6 nitrogen and oxygen atoms in total. The predicted molar refractivity (Wildman–Crippen MR) is 130 cm³/mol. The average Bonchev–Trinajstić information content (AvgIpc) is 3.21. The van der Waals surface area contributed by atoms with Gasteiger partial charge >= 0.3 is 0 Å². The van der Waals surface area contributed by atoms with Gasteiger partial charge in [0.1, 0.15) is 13.2 Å². The molecule has 0 amide bonds. The molecular weight excluding hydrogens is 457 g/mol. The number of hydrogen-bond donors (Lipinski definition) is 3. The molecule has 1 aliphatic rings. The molecule has 9 heteroatoms. The number of hydrogen-bond acceptors (Lipinski definition) is 5. The Morgan fingerprint density at radius 2 is 2.06 bits per heavy atom. The van der Waals surface area contributed by atoms with Crippen LogP contribution in [0, 0.1) is 6.92 Å². The highest BCUT2D eigenvalue weighted by atomic mass is 19.3. The smallest absolute Gasteiger partial charge is 0.283 e. The highest BCUT2D eigenvalue weighted by Gasteiger charge is 2.42. The zero-order valence-electron chi connectivity index (χ0n) is 20.2. The number of H-pyrrole nitrogens is 1. The first kappa shape index (κ1) is 25.5. The van der Waals surface area contributed by atoms with Crippen molar-refractivity contribution in [2.24, 2.45) is 0 Å². The molecule has 0 bridgehead atoms. The maximum Gasteiger partial charge on any atom is 0.283 e. The molecule has 1 unspecified atom stereocenters. The Kier molecular flexibility index (Phi) is 7.98. The second-order valence-corrected chi connectivity index (χ2v) is 9.18. The second-order valence-electron chi connectivity index (χ2n) is 9.18. The van der Waals surface area contributed by atoms with Gasteiger partial charge in [-0.15, -0.1) is 0 Å². The molecule has 0 aliphatic carbocycles. The van der Waals surface area contributed by atoms with Crippen molar-refractivity contribution in [2.45, 2.75) is 44.7 Å². The first-order valence-electron chi connectivity index (χ1n) is 12.0. The molecule has 0 saturated heterocycles. The summed E-state index contributed by atoms with van der Waals surface area (Å²) in [5, 5.41) is 13.5. The molecule has 1 aliphatic heterocycles. The third-order valence-electron chi connectivity index (χ3n) is 6.66. The van der Waals surface area contributed by atoms with E-state index >= 15 is 0 Å². The number of alkyl halides is 3. The lowest BCUT2D eigenvalue weighted by molar-refractivity contribution is -0.0865. The maximum atomic E-state index is 14.5. The van der Waals surface area contributed by atoms with Crippen LogP contribution in [0.2, 0.25) is 0 Å². The Morgan fingerprint density at radius 3 is 2.83 bits per heavy atom.